The molecule has 26 heavy (non-hydrogen) atoms. The van der Waals surface area contributed by atoms with Gasteiger partial charge in [0.15, 0.2) is 0 Å². The standard InChI is InChI=1S/C17H16BrFN2O4S/c18-12-4-5-15(16(19)10-12)17(22)20-13-2-1-3-14(11-13)26(23,24)21-6-8-25-9-7-21/h1-5,10-11H,6-9H2,(H,20,22). The van der Waals surface area contributed by atoms with E-state index >= 15 is 0 Å². The van der Waals surface area contributed by atoms with E-state index in [9.17, 15) is 17.6 Å². The first kappa shape index (κ1) is 19.0. The van der Waals surface area contributed by atoms with Crippen molar-refractivity contribution in [3.63, 3.8) is 0 Å². The van der Waals surface area contributed by atoms with Gasteiger partial charge < -0.3 is 10.1 Å². The van der Waals surface area contributed by atoms with E-state index in [1.54, 1.807) is 12.1 Å². The maximum Gasteiger partial charge on any atom is 0.258 e. The molecule has 9 heteroatoms. The maximum absolute atomic E-state index is 13.9. The Morgan fingerprint density at radius 2 is 1.88 bits per heavy atom. The van der Waals surface area contributed by atoms with E-state index in [2.05, 4.69) is 21.2 Å². The molecule has 0 atom stereocenters. The molecule has 1 amide bonds. The molecule has 0 aliphatic carbocycles. The van der Waals surface area contributed by atoms with Crippen LogP contribution >= 0.6 is 15.9 Å². The van der Waals surface area contributed by atoms with Gasteiger partial charge in [-0.15, -0.1) is 0 Å². The number of halogens is 2. The van der Waals surface area contributed by atoms with Crippen molar-refractivity contribution in [1.29, 1.82) is 0 Å². The molecule has 1 fully saturated rings. The van der Waals surface area contributed by atoms with Crippen LogP contribution in [0.3, 0.4) is 0 Å². The second-order valence-corrected chi connectivity index (χ2v) is 8.48. The summed E-state index contributed by atoms with van der Waals surface area (Å²) in [5.41, 5.74) is 0.140. The van der Waals surface area contributed by atoms with Crippen molar-refractivity contribution in [1.82, 2.24) is 4.31 Å². The first-order valence-corrected chi connectivity index (χ1v) is 10.1. The molecule has 1 aliphatic heterocycles. The summed E-state index contributed by atoms with van der Waals surface area (Å²) in [7, 11) is -3.68. The van der Waals surface area contributed by atoms with Crippen LogP contribution in [0.2, 0.25) is 0 Å². The Kier molecular flexibility index (Phi) is 5.71. The lowest BCUT2D eigenvalue weighted by Gasteiger charge is -2.26. The summed E-state index contributed by atoms with van der Waals surface area (Å²) in [5, 5.41) is 2.53. The molecular formula is C17H16BrFN2O4S. The number of sulfonamides is 1. The second-order valence-electron chi connectivity index (χ2n) is 5.62. The zero-order valence-corrected chi connectivity index (χ0v) is 16.0. The number of nitrogens with one attached hydrogen (secondary N) is 1. The Balaban J connectivity index is 1.82. The van der Waals surface area contributed by atoms with Crippen LogP contribution < -0.4 is 5.32 Å². The van der Waals surface area contributed by atoms with Gasteiger partial charge >= 0.3 is 0 Å². The maximum atomic E-state index is 13.9. The average molecular weight is 443 g/mol. The summed E-state index contributed by atoms with van der Waals surface area (Å²) in [6.45, 7) is 1.25. The largest absolute Gasteiger partial charge is 0.379 e. The van der Waals surface area contributed by atoms with Crippen molar-refractivity contribution >= 4 is 37.5 Å². The molecular weight excluding hydrogens is 427 g/mol. The number of benzene rings is 2. The van der Waals surface area contributed by atoms with E-state index in [4.69, 9.17) is 4.74 Å². The van der Waals surface area contributed by atoms with Crippen LogP contribution in [0.4, 0.5) is 10.1 Å². The Labute approximate surface area is 159 Å². The van der Waals surface area contributed by atoms with Gasteiger partial charge in [-0.3, -0.25) is 4.79 Å². The first-order chi connectivity index (χ1) is 12.4. The molecule has 0 spiro atoms. The number of anilines is 1. The summed E-state index contributed by atoms with van der Waals surface area (Å²) >= 11 is 3.13. The molecule has 0 unspecified atom stereocenters. The minimum Gasteiger partial charge on any atom is -0.379 e. The van der Waals surface area contributed by atoms with Gasteiger partial charge in [-0.05, 0) is 36.4 Å². The van der Waals surface area contributed by atoms with Crippen LogP contribution in [0.15, 0.2) is 51.8 Å². The summed E-state index contributed by atoms with van der Waals surface area (Å²) in [6, 6.07) is 9.99. The normalized spacial score (nSPS) is 15.6. The van der Waals surface area contributed by atoms with E-state index in [-0.39, 0.29) is 29.2 Å². The van der Waals surface area contributed by atoms with Crippen LogP contribution in [-0.2, 0) is 14.8 Å². The smallest absolute Gasteiger partial charge is 0.258 e. The summed E-state index contributed by atoms with van der Waals surface area (Å²) in [4.78, 5) is 12.3. The highest BCUT2D eigenvalue weighted by molar-refractivity contribution is 9.10. The van der Waals surface area contributed by atoms with Crippen molar-refractivity contribution in [2.75, 3.05) is 31.6 Å². The van der Waals surface area contributed by atoms with Crippen LogP contribution in [0.5, 0.6) is 0 Å². The van der Waals surface area contributed by atoms with Crippen LogP contribution in [0.1, 0.15) is 10.4 Å². The van der Waals surface area contributed by atoms with Gasteiger partial charge in [0.2, 0.25) is 10.0 Å². The van der Waals surface area contributed by atoms with Gasteiger partial charge in [0.25, 0.3) is 5.91 Å². The van der Waals surface area contributed by atoms with Gasteiger partial charge in [-0.2, -0.15) is 4.31 Å². The van der Waals surface area contributed by atoms with Crippen molar-refractivity contribution in [3.05, 3.63) is 58.3 Å². The lowest BCUT2D eigenvalue weighted by molar-refractivity contribution is 0.0730. The SMILES string of the molecule is O=C(Nc1cccc(S(=O)(=O)N2CCOCC2)c1)c1ccc(Br)cc1F. The molecule has 0 radical (unpaired) electrons. The van der Waals surface area contributed by atoms with E-state index in [0.29, 0.717) is 17.7 Å². The van der Waals surface area contributed by atoms with Gasteiger partial charge in [0.1, 0.15) is 5.82 Å². The number of hydrogen-bond acceptors (Lipinski definition) is 4. The highest BCUT2D eigenvalue weighted by Crippen LogP contribution is 2.22. The number of carbonyl (C=O) groups excluding carboxylic acids is 1. The Morgan fingerprint density at radius 3 is 2.58 bits per heavy atom. The Bertz CT molecular complexity index is 930. The van der Waals surface area contributed by atoms with Gasteiger partial charge in [0.05, 0.1) is 23.7 Å². The average Bonchev–Trinajstić information content (AvgIpc) is 2.62. The Hall–Kier alpha value is -1.81. The molecule has 1 N–H and O–H groups in total. The highest BCUT2D eigenvalue weighted by Gasteiger charge is 2.26. The molecule has 0 saturated carbocycles. The lowest BCUT2D eigenvalue weighted by Crippen LogP contribution is -2.40. The number of hydrogen-bond donors (Lipinski definition) is 1. The quantitative estimate of drug-likeness (QED) is 0.789. The fourth-order valence-electron chi connectivity index (χ4n) is 2.54. The number of nitrogens with zero attached hydrogens (tertiary/aromatic N) is 1. The van der Waals surface area contributed by atoms with Crippen LogP contribution in [0, 0.1) is 5.82 Å². The summed E-state index contributed by atoms with van der Waals surface area (Å²) in [5.74, 6) is -1.33. The monoisotopic (exact) mass is 442 g/mol. The lowest BCUT2D eigenvalue weighted by atomic mass is 10.2. The summed E-state index contributed by atoms with van der Waals surface area (Å²) in [6.07, 6.45) is 0. The predicted molar refractivity (Wildman–Crippen MR) is 98.1 cm³/mol. The number of morpholine rings is 1. The van der Waals surface area contributed by atoms with Gasteiger partial charge in [-0.25, -0.2) is 12.8 Å². The molecule has 2 aromatic carbocycles. The number of ether oxygens (including phenoxy) is 1. The molecule has 3 rings (SSSR count). The third kappa shape index (κ3) is 4.12. The third-order valence-corrected chi connectivity index (χ3v) is 6.26. The third-order valence-electron chi connectivity index (χ3n) is 3.88. The molecule has 0 bridgehead atoms. The number of rotatable bonds is 4. The van der Waals surface area contributed by atoms with E-state index in [0.717, 1.165) is 0 Å². The minimum absolute atomic E-state index is 0.0634. The molecule has 1 heterocycles. The zero-order chi connectivity index (χ0) is 18.7. The van der Waals surface area contributed by atoms with Crippen molar-refractivity contribution in [2.45, 2.75) is 4.90 Å². The van der Waals surface area contributed by atoms with Crippen molar-refractivity contribution in [3.8, 4) is 0 Å². The highest BCUT2D eigenvalue weighted by atomic mass is 79.9. The zero-order valence-electron chi connectivity index (χ0n) is 13.6. The molecule has 2 aromatic rings. The van der Waals surface area contributed by atoms with Crippen molar-refractivity contribution in [2.24, 2.45) is 0 Å². The Morgan fingerprint density at radius 1 is 1.15 bits per heavy atom. The minimum atomic E-state index is -3.68. The predicted octanol–water partition coefficient (Wildman–Crippen LogP) is 2.86. The fraction of sp³-hybridized carbons (Fsp3) is 0.235. The second kappa shape index (κ2) is 7.83. The summed E-state index contributed by atoms with van der Waals surface area (Å²) < 4.78 is 46.3. The molecule has 1 saturated heterocycles. The van der Waals surface area contributed by atoms with E-state index in [1.165, 1.54) is 34.6 Å². The number of carbonyl (C=O) groups is 1. The van der Waals surface area contributed by atoms with Crippen molar-refractivity contribution < 1.29 is 22.3 Å². The van der Waals surface area contributed by atoms with E-state index in [1.807, 2.05) is 0 Å². The number of amides is 1. The molecule has 1 aliphatic rings. The van der Waals surface area contributed by atoms with Gasteiger partial charge in [0, 0.05) is 23.2 Å². The molecule has 138 valence electrons. The van der Waals surface area contributed by atoms with Gasteiger partial charge in [-0.1, -0.05) is 22.0 Å². The topological polar surface area (TPSA) is 75.7 Å². The van der Waals surface area contributed by atoms with Crippen LogP contribution in [0.25, 0.3) is 0 Å². The first-order valence-electron chi connectivity index (χ1n) is 7.82. The van der Waals surface area contributed by atoms with E-state index < -0.39 is 21.7 Å². The molecule has 6 nitrogen and oxygen atoms in total. The fourth-order valence-corrected chi connectivity index (χ4v) is 4.33. The van der Waals surface area contributed by atoms with Crippen LogP contribution in [-0.4, -0.2) is 44.9 Å². The molecule has 0 aromatic heterocycles.